The van der Waals surface area contributed by atoms with E-state index in [4.69, 9.17) is 0 Å². The molecule has 0 saturated heterocycles. The molecule has 78 valence electrons. The third-order valence-electron chi connectivity index (χ3n) is 3.12. The highest BCUT2D eigenvalue weighted by Crippen LogP contribution is 2.58. The molecule has 3 nitrogen and oxygen atoms in total. The lowest BCUT2D eigenvalue weighted by atomic mass is 10.1. The summed E-state index contributed by atoms with van der Waals surface area (Å²) in [6.45, 7) is 7.70. The molecule has 0 aromatic carbocycles. The number of rotatable bonds is 3. The van der Waals surface area contributed by atoms with Crippen LogP contribution in [0.2, 0.25) is 0 Å². The summed E-state index contributed by atoms with van der Waals surface area (Å²) in [5, 5.41) is 9.29. The molecule has 1 fully saturated rings. The Morgan fingerprint density at radius 1 is 1.50 bits per heavy atom. The first kappa shape index (κ1) is 10.1. The Hall–Kier alpha value is -0.380. The molecule has 0 aliphatic heterocycles. The molecule has 0 spiro atoms. The summed E-state index contributed by atoms with van der Waals surface area (Å²) in [5.41, 5.74) is 0.434. The second kappa shape index (κ2) is 3.33. The van der Waals surface area contributed by atoms with Crippen molar-refractivity contribution in [1.29, 1.82) is 0 Å². The lowest BCUT2D eigenvalue weighted by Gasteiger charge is -2.06. The van der Waals surface area contributed by atoms with Gasteiger partial charge < -0.3 is 4.57 Å². The van der Waals surface area contributed by atoms with Crippen LogP contribution in [0.25, 0.3) is 0 Å². The van der Waals surface area contributed by atoms with E-state index in [0.717, 1.165) is 17.7 Å². The quantitative estimate of drug-likeness (QED) is 0.780. The molecule has 0 bridgehead atoms. The molecule has 1 aliphatic carbocycles. The average Bonchev–Trinajstić information content (AvgIpc) is 2.64. The van der Waals surface area contributed by atoms with Crippen molar-refractivity contribution >= 4 is 15.9 Å². The summed E-state index contributed by atoms with van der Waals surface area (Å²) in [5.74, 6) is 2.83. The molecule has 4 heteroatoms. The Morgan fingerprint density at radius 2 is 2.14 bits per heavy atom. The lowest BCUT2D eigenvalue weighted by molar-refractivity contribution is 0.582. The SMILES string of the molecule is CCn1c(CBr)nnc1C1CC1(C)C. The van der Waals surface area contributed by atoms with Crippen molar-refractivity contribution < 1.29 is 0 Å². The van der Waals surface area contributed by atoms with Crippen molar-refractivity contribution in [3.63, 3.8) is 0 Å². The first-order valence-electron chi connectivity index (χ1n) is 5.08. The van der Waals surface area contributed by atoms with Crippen LogP contribution in [-0.4, -0.2) is 14.8 Å². The molecule has 2 rings (SSSR count). The molecular weight excluding hydrogens is 242 g/mol. The van der Waals surface area contributed by atoms with Gasteiger partial charge in [-0.25, -0.2) is 0 Å². The van der Waals surface area contributed by atoms with Crippen LogP contribution in [0.3, 0.4) is 0 Å². The Morgan fingerprint density at radius 3 is 2.57 bits per heavy atom. The van der Waals surface area contributed by atoms with E-state index in [1.165, 1.54) is 12.2 Å². The minimum atomic E-state index is 0.434. The fraction of sp³-hybridized carbons (Fsp3) is 0.800. The topological polar surface area (TPSA) is 30.7 Å². The first-order chi connectivity index (χ1) is 6.60. The molecule has 0 amide bonds. The molecule has 1 aromatic heterocycles. The van der Waals surface area contributed by atoms with Crippen molar-refractivity contribution in [3.8, 4) is 0 Å². The van der Waals surface area contributed by atoms with Crippen LogP contribution in [0.15, 0.2) is 0 Å². The maximum Gasteiger partial charge on any atom is 0.143 e. The first-order valence-corrected chi connectivity index (χ1v) is 6.20. The highest BCUT2D eigenvalue weighted by Gasteiger charge is 2.49. The van der Waals surface area contributed by atoms with Gasteiger partial charge in [-0.05, 0) is 18.8 Å². The van der Waals surface area contributed by atoms with Crippen LogP contribution in [0, 0.1) is 5.41 Å². The molecule has 0 radical (unpaired) electrons. The number of aromatic nitrogens is 3. The predicted octanol–water partition coefficient (Wildman–Crippen LogP) is 2.71. The van der Waals surface area contributed by atoms with Crippen LogP contribution in [0.4, 0.5) is 0 Å². The molecule has 14 heavy (non-hydrogen) atoms. The number of alkyl halides is 1. The van der Waals surface area contributed by atoms with E-state index in [9.17, 15) is 0 Å². The number of halogens is 1. The van der Waals surface area contributed by atoms with Gasteiger partial charge in [0.1, 0.15) is 11.6 Å². The van der Waals surface area contributed by atoms with Gasteiger partial charge in [-0.15, -0.1) is 10.2 Å². The zero-order valence-corrected chi connectivity index (χ0v) is 10.5. The predicted molar refractivity (Wildman–Crippen MR) is 59.5 cm³/mol. The van der Waals surface area contributed by atoms with Gasteiger partial charge in [0.2, 0.25) is 0 Å². The van der Waals surface area contributed by atoms with Crippen LogP contribution in [-0.2, 0) is 11.9 Å². The highest BCUT2D eigenvalue weighted by molar-refractivity contribution is 9.08. The van der Waals surface area contributed by atoms with Gasteiger partial charge in [0.25, 0.3) is 0 Å². The van der Waals surface area contributed by atoms with Crippen LogP contribution < -0.4 is 0 Å². The smallest absolute Gasteiger partial charge is 0.143 e. The molecule has 1 saturated carbocycles. The molecule has 1 aliphatic rings. The second-order valence-electron chi connectivity index (χ2n) is 4.60. The van der Waals surface area contributed by atoms with Crippen LogP contribution in [0.1, 0.15) is 44.8 Å². The highest BCUT2D eigenvalue weighted by atomic mass is 79.9. The van der Waals surface area contributed by atoms with E-state index in [0.29, 0.717) is 11.3 Å². The average molecular weight is 258 g/mol. The second-order valence-corrected chi connectivity index (χ2v) is 5.16. The Kier molecular flexibility index (Phi) is 2.41. The summed E-state index contributed by atoms with van der Waals surface area (Å²) in [6, 6.07) is 0. The van der Waals surface area contributed by atoms with E-state index in [1.807, 2.05) is 0 Å². The summed E-state index contributed by atoms with van der Waals surface area (Å²) in [7, 11) is 0. The third-order valence-corrected chi connectivity index (χ3v) is 3.62. The zero-order chi connectivity index (χ0) is 10.3. The summed E-state index contributed by atoms with van der Waals surface area (Å²) in [6.07, 6.45) is 1.24. The number of hydrogen-bond acceptors (Lipinski definition) is 2. The summed E-state index contributed by atoms with van der Waals surface area (Å²) >= 11 is 3.44. The summed E-state index contributed by atoms with van der Waals surface area (Å²) < 4.78 is 2.23. The zero-order valence-electron chi connectivity index (χ0n) is 8.92. The van der Waals surface area contributed by atoms with Crippen molar-refractivity contribution in [3.05, 3.63) is 11.6 Å². The largest absolute Gasteiger partial charge is 0.314 e. The number of hydrogen-bond donors (Lipinski definition) is 0. The van der Waals surface area contributed by atoms with Crippen molar-refractivity contribution in [2.45, 2.75) is 45.0 Å². The van der Waals surface area contributed by atoms with Gasteiger partial charge in [-0.2, -0.15) is 0 Å². The van der Waals surface area contributed by atoms with Gasteiger partial charge in [0, 0.05) is 12.5 Å². The summed E-state index contributed by atoms with van der Waals surface area (Å²) in [4.78, 5) is 0. The third kappa shape index (κ3) is 1.49. The van der Waals surface area contributed by atoms with E-state index < -0.39 is 0 Å². The lowest BCUT2D eigenvalue weighted by Crippen LogP contribution is -2.05. The van der Waals surface area contributed by atoms with Gasteiger partial charge >= 0.3 is 0 Å². The Balaban J connectivity index is 2.31. The molecular formula is C10H16BrN3. The van der Waals surface area contributed by atoms with Crippen LogP contribution >= 0.6 is 15.9 Å². The Bertz CT molecular complexity index is 343. The van der Waals surface area contributed by atoms with E-state index in [1.54, 1.807) is 0 Å². The fourth-order valence-electron chi connectivity index (χ4n) is 1.96. The molecule has 0 N–H and O–H groups in total. The Labute approximate surface area is 93.0 Å². The van der Waals surface area contributed by atoms with Gasteiger partial charge in [-0.1, -0.05) is 29.8 Å². The molecule has 1 aromatic rings. The van der Waals surface area contributed by atoms with Gasteiger partial charge in [0.05, 0.1) is 5.33 Å². The van der Waals surface area contributed by atoms with Crippen molar-refractivity contribution in [2.24, 2.45) is 5.41 Å². The monoisotopic (exact) mass is 257 g/mol. The van der Waals surface area contributed by atoms with E-state index >= 15 is 0 Å². The maximum atomic E-state index is 4.30. The molecule has 1 heterocycles. The fourth-order valence-corrected chi connectivity index (χ4v) is 2.37. The van der Waals surface area contributed by atoms with Crippen molar-refractivity contribution in [2.75, 3.05) is 0 Å². The van der Waals surface area contributed by atoms with Crippen LogP contribution in [0.5, 0.6) is 0 Å². The minimum absolute atomic E-state index is 0.434. The standard InChI is InChI=1S/C10H16BrN3/c1-4-14-8(6-11)12-13-9(14)7-5-10(7,2)3/h7H,4-6H2,1-3H3. The molecule has 1 unspecified atom stereocenters. The normalized spacial score (nSPS) is 23.9. The van der Waals surface area contributed by atoms with Crippen molar-refractivity contribution in [1.82, 2.24) is 14.8 Å². The van der Waals surface area contributed by atoms with E-state index in [-0.39, 0.29) is 0 Å². The molecule has 1 atom stereocenters. The van der Waals surface area contributed by atoms with Gasteiger partial charge in [-0.3, -0.25) is 0 Å². The minimum Gasteiger partial charge on any atom is -0.314 e. The number of nitrogens with zero attached hydrogens (tertiary/aromatic N) is 3. The van der Waals surface area contributed by atoms with E-state index in [2.05, 4.69) is 51.5 Å². The van der Waals surface area contributed by atoms with Gasteiger partial charge in [0.15, 0.2) is 0 Å². The maximum absolute atomic E-state index is 4.30.